The van der Waals surface area contributed by atoms with Crippen molar-refractivity contribution in [3.63, 3.8) is 0 Å². The summed E-state index contributed by atoms with van der Waals surface area (Å²) in [4.78, 5) is 14.4. The van der Waals surface area contributed by atoms with Crippen molar-refractivity contribution >= 4 is 15.9 Å². The van der Waals surface area contributed by atoms with Crippen molar-refractivity contribution in [3.8, 4) is 5.75 Å². The van der Waals surface area contributed by atoms with Gasteiger partial charge < -0.3 is 9.64 Å². The van der Waals surface area contributed by atoms with Crippen LogP contribution in [0.2, 0.25) is 0 Å². The van der Waals surface area contributed by atoms with Gasteiger partial charge in [0.05, 0.1) is 4.90 Å². The number of para-hydroxylation sites is 1. The van der Waals surface area contributed by atoms with E-state index in [0.717, 1.165) is 22.4 Å². The summed E-state index contributed by atoms with van der Waals surface area (Å²) < 4.78 is 32.7. The van der Waals surface area contributed by atoms with Crippen LogP contribution in [0, 0.1) is 20.8 Å². The largest absolute Gasteiger partial charge is 0.483 e. The highest BCUT2D eigenvalue weighted by molar-refractivity contribution is 7.89. The van der Waals surface area contributed by atoms with Gasteiger partial charge in [0.1, 0.15) is 5.75 Å². The lowest BCUT2D eigenvalue weighted by Crippen LogP contribution is -2.51. The highest BCUT2D eigenvalue weighted by Crippen LogP contribution is 2.22. The number of ether oxygens (including phenoxy) is 1. The molecular formula is C21H26N2O4S. The number of rotatable bonds is 5. The number of carbonyl (C=O) groups is 1. The van der Waals surface area contributed by atoms with Gasteiger partial charge in [-0.05, 0) is 44.0 Å². The minimum atomic E-state index is -3.53. The first kappa shape index (κ1) is 20.4. The van der Waals surface area contributed by atoms with Crippen molar-refractivity contribution in [1.82, 2.24) is 9.21 Å². The molecule has 2 aromatic rings. The standard InChI is InChI=1S/C21H26N2O4S/c1-16-7-9-19(10-8-16)28(25,26)23-13-11-22(12-14-23)20(24)15-27-21-17(2)5-4-6-18(21)3/h4-10H,11-15H2,1-3H3. The Kier molecular flexibility index (Phi) is 6.05. The molecule has 1 amide bonds. The van der Waals surface area contributed by atoms with E-state index in [4.69, 9.17) is 4.74 Å². The number of amides is 1. The molecule has 2 aromatic carbocycles. The number of hydrogen-bond donors (Lipinski definition) is 0. The third kappa shape index (κ3) is 4.36. The fourth-order valence-corrected chi connectivity index (χ4v) is 4.71. The van der Waals surface area contributed by atoms with Crippen LogP contribution < -0.4 is 4.74 Å². The molecule has 7 heteroatoms. The van der Waals surface area contributed by atoms with Gasteiger partial charge in [-0.25, -0.2) is 8.42 Å². The highest BCUT2D eigenvalue weighted by atomic mass is 32.2. The Morgan fingerprint density at radius 3 is 2.07 bits per heavy atom. The maximum absolute atomic E-state index is 12.8. The van der Waals surface area contributed by atoms with E-state index in [1.807, 2.05) is 39.0 Å². The monoisotopic (exact) mass is 402 g/mol. The Balaban J connectivity index is 1.57. The molecule has 6 nitrogen and oxygen atoms in total. The predicted octanol–water partition coefficient (Wildman–Crippen LogP) is 2.52. The van der Waals surface area contributed by atoms with Crippen molar-refractivity contribution in [2.45, 2.75) is 25.7 Å². The number of carbonyl (C=O) groups excluding carboxylic acids is 1. The van der Waals surface area contributed by atoms with E-state index in [1.54, 1.807) is 29.2 Å². The van der Waals surface area contributed by atoms with Gasteiger partial charge in [-0.2, -0.15) is 4.31 Å². The Labute approximate surface area is 166 Å². The molecule has 0 N–H and O–H groups in total. The summed E-state index contributed by atoms with van der Waals surface area (Å²) >= 11 is 0. The molecule has 0 spiro atoms. The molecule has 0 radical (unpaired) electrons. The van der Waals surface area contributed by atoms with Crippen LogP contribution in [0.5, 0.6) is 5.75 Å². The quantitative estimate of drug-likeness (QED) is 0.771. The molecular weight excluding hydrogens is 376 g/mol. The zero-order valence-electron chi connectivity index (χ0n) is 16.5. The maximum Gasteiger partial charge on any atom is 0.260 e. The molecule has 0 saturated carbocycles. The molecule has 0 aromatic heterocycles. The maximum atomic E-state index is 12.8. The zero-order chi connectivity index (χ0) is 20.3. The van der Waals surface area contributed by atoms with Crippen LogP contribution in [-0.4, -0.2) is 56.3 Å². The first-order valence-corrected chi connectivity index (χ1v) is 10.8. The van der Waals surface area contributed by atoms with E-state index in [1.165, 1.54) is 4.31 Å². The molecule has 0 aliphatic carbocycles. The van der Waals surface area contributed by atoms with Crippen LogP contribution >= 0.6 is 0 Å². The van der Waals surface area contributed by atoms with Crippen molar-refractivity contribution in [2.24, 2.45) is 0 Å². The van der Waals surface area contributed by atoms with E-state index in [9.17, 15) is 13.2 Å². The van der Waals surface area contributed by atoms with Crippen molar-refractivity contribution in [1.29, 1.82) is 0 Å². The number of nitrogens with zero attached hydrogens (tertiary/aromatic N) is 2. The molecule has 3 rings (SSSR count). The van der Waals surface area contributed by atoms with Crippen LogP contribution in [0.3, 0.4) is 0 Å². The summed E-state index contributed by atoms with van der Waals surface area (Å²) in [6, 6.07) is 12.7. The first-order chi connectivity index (χ1) is 13.3. The first-order valence-electron chi connectivity index (χ1n) is 9.32. The van der Waals surface area contributed by atoms with Gasteiger partial charge in [-0.1, -0.05) is 35.9 Å². The summed E-state index contributed by atoms with van der Waals surface area (Å²) in [6.07, 6.45) is 0. The molecule has 1 aliphatic heterocycles. The number of benzene rings is 2. The Bertz CT molecular complexity index is 927. The van der Waals surface area contributed by atoms with Gasteiger partial charge in [0.25, 0.3) is 5.91 Å². The van der Waals surface area contributed by atoms with Crippen LogP contribution in [0.1, 0.15) is 16.7 Å². The molecule has 1 fully saturated rings. The average molecular weight is 403 g/mol. The van der Waals surface area contributed by atoms with Gasteiger partial charge in [-0.15, -0.1) is 0 Å². The van der Waals surface area contributed by atoms with Crippen LogP contribution in [0.25, 0.3) is 0 Å². The molecule has 1 saturated heterocycles. The van der Waals surface area contributed by atoms with E-state index in [0.29, 0.717) is 13.1 Å². The van der Waals surface area contributed by atoms with E-state index >= 15 is 0 Å². The fraction of sp³-hybridized carbons (Fsp3) is 0.381. The lowest BCUT2D eigenvalue weighted by atomic mass is 10.1. The molecule has 1 aliphatic rings. The predicted molar refractivity (Wildman–Crippen MR) is 108 cm³/mol. The number of piperazine rings is 1. The smallest absolute Gasteiger partial charge is 0.260 e. The molecule has 0 unspecified atom stereocenters. The third-order valence-electron chi connectivity index (χ3n) is 5.00. The van der Waals surface area contributed by atoms with Crippen LogP contribution in [0.15, 0.2) is 47.4 Å². The minimum absolute atomic E-state index is 0.0452. The Hall–Kier alpha value is -2.38. The van der Waals surface area contributed by atoms with Crippen molar-refractivity contribution in [3.05, 3.63) is 59.2 Å². The second-order valence-corrected chi connectivity index (χ2v) is 9.05. The summed E-state index contributed by atoms with van der Waals surface area (Å²) in [5.74, 6) is 0.603. The number of hydrogen-bond acceptors (Lipinski definition) is 4. The lowest BCUT2D eigenvalue weighted by Gasteiger charge is -2.34. The molecule has 0 atom stereocenters. The summed E-state index contributed by atoms with van der Waals surface area (Å²) in [5.41, 5.74) is 2.99. The second kappa shape index (κ2) is 8.32. The summed E-state index contributed by atoms with van der Waals surface area (Å²) in [7, 11) is -3.53. The van der Waals surface area contributed by atoms with E-state index in [-0.39, 0.29) is 30.5 Å². The topological polar surface area (TPSA) is 66.9 Å². The van der Waals surface area contributed by atoms with Crippen LogP contribution in [-0.2, 0) is 14.8 Å². The normalized spacial score (nSPS) is 15.5. The van der Waals surface area contributed by atoms with Gasteiger partial charge in [0.2, 0.25) is 10.0 Å². The molecule has 28 heavy (non-hydrogen) atoms. The number of sulfonamides is 1. The molecule has 0 bridgehead atoms. The second-order valence-electron chi connectivity index (χ2n) is 7.11. The zero-order valence-corrected chi connectivity index (χ0v) is 17.3. The van der Waals surface area contributed by atoms with Gasteiger partial charge in [0, 0.05) is 26.2 Å². The van der Waals surface area contributed by atoms with Gasteiger partial charge in [-0.3, -0.25) is 4.79 Å². The Morgan fingerprint density at radius 2 is 1.50 bits per heavy atom. The minimum Gasteiger partial charge on any atom is -0.483 e. The van der Waals surface area contributed by atoms with Crippen molar-refractivity contribution in [2.75, 3.05) is 32.8 Å². The molecule has 1 heterocycles. The fourth-order valence-electron chi connectivity index (χ4n) is 3.29. The van der Waals surface area contributed by atoms with Crippen LogP contribution in [0.4, 0.5) is 0 Å². The number of aryl methyl sites for hydroxylation is 3. The molecule has 150 valence electrons. The Morgan fingerprint density at radius 1 is 0.929 bits per heavy atom. The third-order valence-corrected chi connectivity index (χ3v) is 6.91. The summed E-state index contributed by atoms with van der Waals surface area (Å²) in [5, 5.41) is 0. The summed E-state index contributed by atoms with van der Waals surface area (Å²) in [6.45, 7) is 7.05. The van der Waals surface area contributed by atoms with Gasteiger partial charge >= 0.3 is 0 Å². The van der Waals surface area contributed by atoms with E-state index in [2.05, 4.69) is 0 Å². The average Bonchev–Trinajstić information content (AvgIpc) is 2.68. The van der Waals surface area contributed by atoms with Crippen molar-refractivity contribution < 1.29 is 17.9 Å². The highest BCUT2D eigenvalue weighted by Gasteiger charge is 2.30. The van der Waals surface area contributed by atoms with Gasteiger partial charge in [0.15, 0.2) is 6.61 Å². The SMILES string of the molecule is Cc1ccc(S(=O)(=O)N2CCN(C(=O)COc3c(C)cccc3C)CC2)cc1. The lowest BCUT2D eigenvalue weighted by molar-refractivity contribution is -0.134. The van der Waals surface area contributed by atoms with E-state index < -0.39 is 10.0 Å².